The molecular formula is C13H20N2O3. The van der Waals surface area contributed by atoms with Gasteiger partial charge in [-0.2, -0.15) is 0 Å². The van der Waals surface area contributed by atoms with Crippen molar-refractivity contribution in [3.8, 4) is 0 Å². The van der Waals surface area contributed by atoms with Crippen molar-refractivity contribution in [1.29, 1.82) is 0 Å². The Bertz CT molecular complexity index is 432. The van der Waals surface area contributed by atoms with E-state index in [4.69, 9.17) is 4.74 Å². The van der Waals surface area contributed by atoms with Crippen LogP contribution in [0.1, 0.15) is 28.7 Å². The summed E-state index contributed by atoms with van der Waals surface area (Å²) in [6.45, 7) is 6.90. The van der Waals surface area contributed by atoms with Crippen molar-refractivity contribution >= 4 is 11.7 Å². The Morgan fingerprint density at radius 3 is 2.78 bits per heavy atom. The number of aromatic nitrogens is 1. The van der Waals surface area contributed by atoms with Crippen molar-refractivity contribution < 1.29 is 14.6 Å². The quantitative estimate of drug-likeness (QED) is 0.811. The van der Waals surface area contributed by atoms with Gasteiger partial charge in [-0.05, 0) is 25.8 Å². The van der Waals surface area contributed by atoms with Gasteiger partial charge in [0.1, 0.15) is 5.56 Å². The molecule has 0 saturated heterocycles. The zero-order valence-electron chi connectivity index (χ0n) is 11.3. The Morgan fingerprint density at radius 1 is 1.56 bits per heavy atom. The standard InChI is InChI=1S/C13H20N2O3/c1-8(7-18-4)6-14-11-5-9(2)15-10(3)12(11)13(16)17/h5,8H,6-7H2,1-4H3,(H,14,15)(H,16,17). The first-order chi connectivity index (χ1) is 8.45. The number of carboxylic acids is 1. The van der Waals surface area contributed by atoms with E-state index in [0.29, 0.717) is 30.5 Å². The highest BCUT2D eigenvalue weighted by Gasteiger charge is 2.15. The molecule has 1 aromatic rings. The summed E-state index contributed by atoms with van der Waals surface area (Å²) in [5.41, 5.74) is 2.20. The van der Waals surface area contributed by atoms with Crippen LogP contribution in [0.5, 0.6) is 0 Å². The molecule has 5 nitrogen and oxygen atoms in total. The normalized spacial score (nSPS) is 12.2. The van der Waals surface area contributed by atoms with Crippen LogP contribution >= 0.6 is 0 Å². The molecule has 0 fully saturated rings. The first kappa shape index (κ1) is 14.4. The van der Waals surface area contributed by atoms with E-state index >= 15 is 0 Å². The molecule has 1 heterocycles. The topological polar surface area (TPSA) is 71.5 Å². The lowest BCUT2D eigenvalue weighted by Crippen LogP contribution is -2.18. The molecule has 1 rings (SSSR count). The molecule has 0 aromatic carbocycles. The lowest BCUT2D eigenvalue weighted by molar-refractivity contribution is 0.0696. The van der Waals surface area contributed by atoms with Gasteiger partial charge in [-0.3, -0.25) is 4.98 Å². The summed E-state index contributed by atoms with van der Waals surface area (Å²) < 4.78 is 5.05. The van der Waals surface area contributed by atoms with Crippen molar-refractivity contribution in [3.05, 3.63) is 23.0 Å². The van der Waals surface area contributed by atoms with Gasteiger partial charge in [0, 0.05) is 19.3 Å². The van der Waals surface area contributed by atoms with Crippen molar-refractivity contribution in [3.63, 3.8) is 0 Å². The third-order valence-corrected chi connectivity index (χ3v) is 2.63. The Hall–Kier alpha value is -1.62. The van der Waals surface area contributed by atoms with Crippen molar-refractivity contribution in [2.75, 3.05) is 25.6 Å². The zero-order valence-corrected chi connectivity index (χ0v) is 11.3. The fraction of sp³-hybridized carbons (Fsp3) is 0.538. The Morgan fingerprint density at radius 2 is 2.22 bits per heavy atom. The predicted molar refractivity (Wildman–Crippen MR) is 70.2 cm³/mol. The number of nitrogens with zero attached hydrogens (tertiary/aromatic N) is 1. The smallest absolute Gasteiger partial charge is 0.339 e. The molecule has 5 heteroatoms. The molecule has 0 bridgehead atoms. The highest BCUT2D eigenvalue weighted by molar-refractivity contribution is 5.95. The molecule has 2 N–H and O–H groups in total. The number of nitrogens with one attached hydrogen (secondary N) is 1. The van der Waals surface area contributed by atoms with E-state index in [-0.39, 0.29) is 5.56 Å². The number of carbonyl (C=O) groups is 1. The molecule has 18 heavy (non-hydrogen) atoms. The summed E-state index contributed by atoms with van der Waals surface area (Å²) >= 11 is 0. The number of carboxylic acid groups (broad SMARTS) is 1. The third-order valence-electron chi connectivity index (χ3n) is 2.63. The fourth-order valence-corrected chi connectivity index (χ4v) is 1.87. The number of hydrogen-bond acceptors (Lipinski definition) is 4. The van der Waals surface area contributed by atoms with E-state index in [1.165, 1.54) is 0 Å². The fourth-order valence-electron chi connectivity index (χ4n) is 1.87. The second-order valence-electron chi connectivity index (χ2n) is 4.52. The minimum absolute atomic E-state index is 0.241. The molecule has 0 amide bonds. The number of hydrogen-bond donors (Lipinski definition) is 2. The maximum Gasteiger partial charge on any atom is 0.339 e. The number of aryl methyl sites for hydroxylation is 2. The van der Waals surface area contributed by atoms with Crippen LogP contribution in [-0.4, -0.2) is 36.3 Å². The van der Waals surface area contributed by atoms with Crippen LogP contribution in [0, 0.1) is 19.8 Å². The number of aromatic carboxylic acids is 1. The highest BCUT2D eigenvalue weighted by atomic mass is 16.5. The molecule has 0 radical (unpaired) electrons. The number of anilines is 1. The minimum Gasteiger partial charge on any atom is -0.478 e. The lowest BCUT2D eigenvalue weighted by Gasteiger charge is -2.15. The van der Waals surface area contributed by atoms with E-state index in [2.05, 4.69) is 10.3 Å². The molecular weight excluding hydrogens is 232 g/mol. The summed E-state index contributed by atoms with van der Waals surface area (Å²) in [5, 5.41) is 12.4. The van der Waals surface area contributed by atoms with Gasteiger partial charge < -0.3 is 15.2 Å². The van der Waals surface area contributed by atoms with Gasteiger partial charge in [-0.25, -0.2) is 4.79 Å². The highest BCUT2D eigenvalue weighted by Crippen LogP contribution is 2.20. The van der Waals surface area contributed by atoms with E-state index in [1.807, 2.05) is 13.8 Å². The molecule has 0 saturated carbocycles. The summed E-state index contributed by atoms with van der Waals surface area (Å²) in [5.74, 6) is -0.646. The zero-order chi connectivity index (χ0) is 13.7. The average molecular weight is 252 g/mol. The van der Waals surface area contributed by atoms with Crippen LogP contribution < -0.4 is 5.32 Å². The molecule has 1 unspecified atom stereocenters. The minimum atomic E-state index is -0.957. The molecule has 0 aliphatic carbocycles. The van der Waals surface area contributed by atoms with E-state index in [1.54, 1.807) is 20.1 Å². The van der Waals surface area contributed by atoms with Crippen LogP contribution in [0.4, 0.5) is 5.69 Å². The van der Waals surface area contributed by atoms with Gasteiger partial charge in [-0.15, -0.1) is 0 Å². The molecule has 0 spiro atoms. The first-order valence-corrected chi connectivity index (χ1v) is 5.90. The van der Waals surface area contributed by atoms with Crippen LogP contribution in [-0.2, 0) is 4.74 Å². The van der Waals surface area contributed by atoms with Gasteiger partial charge in [0.2, 0.25) is 0 Å². The maximum atomic E-state index is 11.2. The van der Waals surface area contributed by atoms with Gasteiger partial charge in [0.15, 0.2) is 0 Å². The van der Waals surface area contributed by atoms with Crippen molar-refractivity contribution in [2.24, 2.45) is 5.92 Å². The largest absolute Gasteiger partial charge is 0.478 e. The Labute approximate surface area is 107 Å². The SMILES string of the molecule is COCC(C)CNc1cc(C)nc(C)c1C(=O)O. The summed E-state index contributed by atoms with van der Waals surface area (Å²) in [6, 6.07) is 1.76. The Balaban J connectivity index is 2.90. The van der Waals surface area contributed by atoms with Gasteiger partial charge in [0.25, 0.3) is 0 Å². The first-order valence-electron chi connectivity index (χ1n) is 5.90. The second-order valence-corrected chi connectivity index (χ2v) is 4.52. The number of pyridine rings is 1. The summed E-state index contributed by atoms with van der Waals surface area (Å²) in [4.78, 5) is 15.4. The predicted octanol–water partition coefficient (Wildman–Crippen LogP) is 2.09. The van der Waals surface area contributed by atoms with Gasteiger partial charge >= 0.3 is 5.97 Å². The van der Waals surface area contributed by atoms with Crippen LogP contribution in [0.2, 0.25) is 0 Å². The van der Waals surface area contributed by atoms with Crippen LogP contribution in [0.3, 0.4) is 0 Å². The second kappa shape index (κ2) is 6.35. The molecule has 1 atom stereocenters. The number of methoxy groups -OCH3 is 1. The van der Waals surface area contributed by atoms with Gasteiger partial charge in [-0.1, -0.05) is 6.92 Å². The van der Waals surface area contributed by atoms with Crippen LogP contribution in [0.25, 0.3) is 0 Å². The van der Waals surface area contributed by atoms with Crippen LogP contribution in [0.15, 0.2) is 6.07 Å². The maximum absolute atomic E-state index is 11.2. The van der Waals surface area contributed by atoms with E-state index in [0.717, 1.165) is 5.69 Å². The Kier molecular flexibility index (Phi) is 5.09. The monoisotopic (exact) mass is 252 g/mol. The summed E-state index contributed by atoms with van der Waals surface area (Å²) in [6.07, 6.45) is 0. The number of ether oxygens (including phenoxy) is 1. The third kappa shape index (κ3) is 3.70. The molecule has 1 aromatic heterocycles. The lowest BCUT2D eigenvalue weighted by atomic mass is 10.1. The van der Waals surface area contributed by atoms with Crippen molar-refractivity contribution in [1.82, 2.24) is 4.98 Å². The molecule has 100 valence electrons. The van der Waals surface area contributed by atoms with E-state index in [9.17, 15) is 9.90 Å². The van der Waals surface area contributed by atoms with Crippen molar-refractivity contribution in [2.45, 2.75) is 20.8 Å². The summed E-state index contributed by atoms with van der Waals surface area (Å²) in [7, 11) is 1.65. The average Bonchev–Trinajstić information content (AvgIpc) is 2.25. The van der Waals surface area contributed by atoms with Gasteiger partial charge in [0.05, 0.1) is 18.0 Å². The number of rotatable bonds is 6. The molecule has 0 aliphatic rings. The van der Waals surface area contributed by atoms with E-state index < -0.39 is 5.97 Å². The molecule has 0 aliphatic heterocycles.